The first-order valence-electron chi connectivity index (χ1n) is 11.9. The molecule has 0 unspecified atom stereocenters. The normalized spacial score (nSPS) is 11.9. The van der Waals surface area contributed by atoms with Crippen molar-refractivity contribution in [2.24, 2.45) is 0 Å². The molecule has 10 nitrogen and oxygen atoms in total. The lowest BCUT2D eigenvalue weighted by molar-refractivity contribution is -0.123. The Morgan fingerprint density at radius 1 is 1.05 bits per heavy atom. The van der Waals surface area contributed by atoms with Crippen molar-refractivity contribution in [3.05, 3.63) is 118 Å². The van der Waals surface area contributed by atoms with E-state index in [4.69, 9.17) is 11.6 Å². The van der Waals surface area contributed by atoms with Crippen LogP contribution in [0.25, 0.3) is 22.5 Å². The molecule has 2 amide bonds. The standard InChI is InChI=1S/C28H22ClN7O3/c29-21-7-10-25(36-17-31-34-35-36)20(15-21)6-11-26(37)33-24(14-18-4-2-1-3-5-18)28(39)32-22-8-9-23-19(16-22)12-13-30-27(23)38/h1-13,15-17,24H,14H2,(H,30,38)(H,32,39)(H,33,37)/b11-6+/t24-/m0/s1. The van der Waals surface area contributed by atoms with E-state index in [1.54, 1.807) is 54.7 Å². The quantitative estimate of drug-likeness (QED) is 0.258. The van der Waals surface area contributed by atoms with Gasteiger partial charge in [-0.3, -0.25) is 14.4 Å². The van der Waals surface area contributed by atoms with Crippen LogP contribution in [-0.4, -0.2) is 43.0 Å². The number of amides is 2. The van der Waals surface area contributed by atoms with Crippen LogP contribution < -0.4 is 16.2 Å². The van der Waals surface area contributed by atoms with E-state index in [-0.39, 0.29) is 12.0 Å². The van der Waals surface area contributed by atoms with Crippen molar-refractivity contribution in [3.63, 3.8) is 0 Å². The topological polar surface area (TPSA) is 135 Å². The van der Waals surface area contributed by atoms with Gasteiger partial charge in [-0.05, 0) is 69.9 Å². The summed E-state index contributed by atoms with van der Waals surface area (Å²) in [6.45, 7) is 0. The van der Waals surface area contributed by atoms with Gasteiger partial charge in [-0.25, -0.2) is 0 Å². The number of anilines is 1. The number of hydrogen-bond acceptors (Lipinski definition) is 6. The number of hydrogen-bond donors (Lipinski definition) is 3. The number of pyridine rings is 1. The second-order valence-electron chi connectivity index (χ2n) is 8.64. The Bertz CT molecular complexity index is 1720. The molecule has 0 saturated heterocycles. The molecule has 5 aromatic rings. The molecule has 2 heterocycles. The fraction of sp³-hybridized carbons (Fsp3) is 0.0714. The SMILES string of the molecule is O=C(/C=C/c1cc(Cl)ccc1-n1cnnn1)N[C@@H](Cc1ccccc1)C(=O)Nc1ccc2c(=O)[nH]ccc2c1. The zero-order valence-electron chi connectivity index (χ0n) is 20.4. The van der Waals surface area contributed by atoms with Crippen LogP contribution >= 0.6 is 11.6 Å². The van der Waals surface area contributed by atoms with E-state index in [2.05, 4.69) is 31.1 Å². The third-order valence-corrected chi connectivity index (χ3v) is 6.19. The molecule has 0 spiro atoms. The number of fused-ring (bicyclic) bond motifs is 1. The third-order valence-electron chi connectivity index (χ3n) is 5.96. The summed E-state index contributed by atoms with van der Waals surface area (Å²) >= 11 is 6.16. The molecule has 194 valence electrons. The molecule has 0 aliphatic rings. The van der Waals surface area contributed by atoms with E-state index in [1.807, 2.05) is 30.3 Å². The lowest BCUT2D eigenvalue weighted by atomic mass is 10.0. The predicted molar refractivity (Wildman–Crippen MR) is 148 cm³/mol. The van der Waals surface area contributed by atoms with Crippen molar-refractivity contribution in [3.8, 4) is 5.69 Å². The number of tetrazole rings is 1. The fourth-order valence-corrected chi connectivity index (χ4v) is 4.26. The number of nitrogens with zero attached hydrogens (tertiary/aromatic N) is 4. The summed E-state index contributed by atoms with van der Waals surface area (Å²) in [6.07, 6.45) is 6.16. The predicted octanol–water partition coefficient (Wildman–Crippen LogP) is 3.54. The average molecular weight is 540 g/mol. The lowest BCUT2D eigenvalue weighted by Gasteiger charge is -2.18. The maximum absolute atomic E-state index is 13.3. The third kappa shape index (κ3) is 6.25. The van der Waals surface area contributed by atoms with Gasteiger partial charge < -0.3 is 15.6 Å². The molecule has 0 fully saturated rings. The highest BCUT2D eigenvalue weighted by Crippen LogP contribution is 2.20. The number of aromatic nitrogens is 5. The minimum absolute atomic E-state index is 0.214. The molecule has 0 radical (unpaired) electrons. The van der Waals surface area contributed by atoms with Gasteiger partial charge >= 0.3 is 0 Å². The molecule has 0 aliphatic heterocycles. The van der Waals surface area contributed by atoms with Crippen molar-refractivity contribution in [2.75, 3.05) is 5.32 Å². The summed E-state index contributed by atoms with van der Waals surface area (Å²) < 4.78 is 1.46. The zero-order chi connectivity index (χ0) is 27.2. The van der Waals surface area contributed by atoms with E-state index < -0.39 is 17.9 Å². The summed E-state index contributed by atoms with van der Waals surface area (Å²) in [5.41, 5.74) is 2.41. The number of aromatic amines is 1. The van der Waals surface area contributed by atoms with E-state index in [1.165, 1.54) is 17.1 Å². The van der Waals surface area contributed by atoms with E-state index in [9.17, 15) is 14.4 Å². The van der Waals surface area contributed by atoms with Crippen LogP contribution in [0, 0.1) is 0 Å². The van der Waals surface area contributed by atoms with Crippen LogP contribution in [0.2, 0.25) is 5.02 Å². The van der Waals surface area contributed by atoms with Crippen molar-refractivity contribution >= 4 is 46.0 Å². The van der Waals surface area contributed by atoms with Crippen LogP contribution in [-0.2, 0) is 16.0 Å². The summed E-state index contributed by atoms with van der Waals surface area (Å²) in [5.74, 6) is -0.874. The molecule has 5 rings (SSSR count). The van der Waals surface area contributed by atoms with Crippen LogP contribution in [0.3, 0.4) is 0 Å². The van der Waals surface area contributed by atoms with Gasteiger partial charge in [-0.15, -0.1) is 5.10 Å². The van der Waals surface area contributed by atoms with Gasteiger partial charge in [-0.1, -0.05) is 41.9 Å². The van der Waals surface area contributed by atoms with E-state index in [0.29, 0.717) is 32.7 Å². The highest BCUT2D eigenvalue weighted by molar-refractivity contribution is 6.30. The summed E-state index contributed by atoms with van der Waals surface area (Å²) in [4.78, 5) is 40.9. The van der Waals surface area contributed by atoms with Crippen molar-refractivity contribution in [1.29, 1.82) is 0 Å². The van der Waals surface area contributed by atoms with Crippen LogP contribution in [0.5, 0.6) is 0 Å². The minimum atomic E-state index is -0.877. The maximum Gasteiger partial charge on any atom is 0.255 e. The van der Waals surface area contributed by atoms with Gasteiger partial charge in [0.1, 0.15) is 12.4 Å². The van der Waals surface area contributed by atoms with Gasteiger partial charge in [0.2, 0.25) is 11.8 Å². The highest BCUT2D eigenvalue weighted by atomic mass is 35.5. The van der Waals surface area contributed by atoms with Gasteiger partial charge in [0, 0.05) is 40.4 Å². The first-order valence-corrected chi connectivity index (χ1v) is 12.3. The second-order valence-corrected chi connectivity index (χ2v) is 9.08. The smallest absolute Gasteiger partial charge is 0.255 e. The maximum atomic E-state index is 13.3. The Labute approximate surface area is 227 Å². The fourth-order valence-electron chi connectivity index (χ4n) is 4.08. The first-order chi connectivity index (χ1) is 19.0. The first kappa shape index (κ1) is 25.6. The summed E-state index contributed by atoms with van der Waals surface area (Å²) in [7, 11) is 0. The lowest BCUT2D eigenvalue weighted by Crippen LogP contribution is -2.44. The van der Waals surface area contributed by atoms with Crippen molar-refractivity contribution in [1.82, 2.24) is 30.5 Å². The number of rotatable bonds is 8. The van der Waals surface area contributed by atoms with Gasteiger partial charge in [0.05, 0.1) is 5.69 Å². The Morgan fingerprint density at radius 3 is 2.69 bits per heavy atom. The number of nitrogens with one attached hydrogen (secondary N) is 3. The Balaban J connectivity index is 1.36. The molecule has 0 bridgehead atoms. The monoisotopic (exact) mass is 539 g/mol. The van der Waals surface area contributed by atoms with Crippen LogP contribution in [0.4, 0.5) is 5.69 Å². The summed E-state index contributed by atoms with van der Waals surface area (Å²) in [6, 6.07) is 20.4. The van der Waals surface area contributed by atoms with E-state index >= 15 is 0 Å². The molecule has 1 atom stereocenters. The Kier molecular flexibility index (Phi) is 7.56. The summed E-state index contributed by atoms with van der Waals surface area (Å²) in [5, 5.41) is 18.5. The largest absolute Gasteiger partial charge is 0.340 e. The minimum Gasteiger partial charge on any atom is -0.340 e. The molecule has 2 aromatic heterocycles. The molecular weight excluding hydrogens is 518 g/mol. The molecule has 0 aliphatic carbocycles. The van der Waals surface area contributed by atoms with E-state index in [0.717, 1.165) is 5.56 Å². The number of H-pyrrole nitrogens is 1. The average Bonchev–Trinajstić information content (AvgIpc) is 3.47. The van der Waals surface area contributed by atoms with Gasteiger partial charge in [0.15, 0.2) is 0 Å². The van der Waals surface area contributed by atoms with Crippen LogP contribution in [0.1, 0.15) is 11.1 Å². The Hall–Kier alpha value is -5.09. The second kappa shape index (κ2) is 11.5. The number of benzene rings is 3. The number of carbonyl (C=O) groups is 2. The number of halogens is 1. The van der Waals surface area contributed by atoms with Crippen molar-refractivity contribution in [2.45, 2.75) is 12.5 Å². The zero-order valence-corrected chi connectivity index (χ0v) is 21.2. The number of carbonyl (C=O) groups excluding carboxylic acids is 2. The molecule has 39 heavy (non-hydrogen) atoms. The van der Waals surface area contributed by atoms with Crippen molar-refractivity contribution < 1.29 is 9.59 Å². The Morgan fingerprint density at radius 2 is 1.90 bits per heavy atom. The van der Waals surface area contributed by atoms with Gasteiger partial charge in [0.25, 0.3) is 5.56 Å². The molecule has 3 aromatic carbocycles. The molecule has 3 N–H and O–H groups in total. The van der Waals surface area contributed by atoms with Gasteiger partial charge in [-0.2, -0.15) is 4.68 Å². The molecule has 0 saturated carbocycles. The highest BCUT2D eigenvalue weighted by Gasteiger charge is 2.21. The molecular formula is C28H22ClN7O3. The van der Waals surface area contributed by atoms with Crippen LogP contribution in [0.15, 0.2) is 96.2 Å². The molecule has 11 heteroatoms.